The van der Waals surface area contributed by atoms with Gasteiger partial charge in [0.15, 0.2) is 16.6 Å². The molecule has 0 aliphatic rings. The Balaban J connectivity index is 2.68. The first-order valence-corrected chi connectivity index (χ1v) is 5.54. The quantitative estimate of drug-likeness (QED) is 0.571. The molecule has 0 bridgehead atoms. The second kappa shape index (κ2) is 4.86. The van der Waals surface area contributed by atoms with Crippen LogP contribution in [0.3, 0.4) is 0 Å². The van der Waals surface area contributed by atoms with E-state index < -0.39 is 0 Å². The average Bonchev–Trinajstić information content (AvgIpc) is 2.30. The number of rotatable bonds is 2. The summed E-state index contributed by atoms with van der Waals surface area (Å²) in [4.78, 5) is 14.6. The first kappa shape index (κ1) is 12.1. The van der Waals surface area contributed by atoms with Gasteiger partial charge in [-0.3, -0.25) is 0 Å². The van der Waals surface area contributed by atoms with Crippen LogP contribution in [0.25, 0.3) is 11.4 Å². The lowest BCUT2D eigenvalue weighted by atomic mass is 10.1. The van der Waals surface area contributed by atoms with Gasteiger partial charge in [-0.1, -0.05) is 15.9 Å². The molecular formula is C9H8BrN8+. The Hall–Kier alpha value is -2.38. The van der Waals surface area contributed by atoms with E-state index in [4.69, 9.17) is 17.0 Å². The van der Waals surface area contributed by atoms with Crippen LogP contribution >= 0.6 is 15.9 Å². The number of aromatic nitrogens is 3. The van der Waals surface area contributed by atoms with Gasteiger partial charge in [-0.05, 0) is 18.2 Å². The maximum Gasteiger partial charge on any atom is 0.225 e. The molecule has 18 heavy (non-hydrogen) atoms. The van der Waals surface area contributed by atoms with Crippen molar-refractivity contribution >= 4 is 33.5 Å². The number of halogens is 1. The summed E-state index contributed by atoms with van der Waals surface area (Å²) in [6, 6.07) is 5.17. The summed E-state index contributed by atoms with van der Waals surface area (Å²) in [5.74, 6) is 0.321. The summed E-state index contributed by atoms with van der Waals surface area (Å²) >= 11 is 3.33. The van der Waals surface area contributed by atoms with Crippen LogP contribution in [0.1, 0.15) is 0 Å². The highest BCUT2D eigenvalue weighted by atomic mass is 79.9. The molecule has 0 amide bonds. The molecule has 1 aromatic carbocycles. The molecular weight excluding hydrogens is 300 g/mol. The zero-order valence-electron chi connectivity index (χ0n) is 9.00. The number of anilines is 2. The van der Waals surface area contributed by atoms with Crippen LogP contribution in [0.4, 0.5) is 17.6 Å². The minimum Gasteiger partial charge on any atom is -0.368 e. The van der Waals surface area contributed by atoms with Crippen molar-refractivity contribution < 1.29 is 0 Å². The minimum absolute atomic E-state index is 0.0197. The van der Waals surface area contributed by atoms with Crippen molar-refractivity contribution in [1.29, 1.82) is 5.53 Å². The van der Waals surface area contributed by atoms with Gasteiger partial charge in [-0.25, -0.2) is 0 Å². The zero-order chi connectivity index (χ0) is 13.1. The molecule has 9 heteroatoms. The molecule has 0 aliphatic carbocycles. The van der Waals surface area contributed by atoms with E-state index in [1.54, 1.807) is 18.2 Å². The van der Waals surface area contributed by atoms with Crippen molar-refractivity contribution in [3.05, 3.63) is 22.7 Å². The maximum absolute atomic E-state index is 6.78. The zero-order valence-corrected chi connectivity index (χ0v) is 10.6. The van der Waals surface area contributed by atoms with Crippen LogP contribution in [-0.4, -0.2) is 15.0 Å². The number of hydrogen-bond donors (Lipinski definition) is 3. The summed E-state index contributed by atoms with van der Waals surface area (Å²) in [6.07, 6.45) is 0. The van der Waals surface area contributed by atoms with Crippen molar-refractivity contribution in [1.82, 2.24) is 19.9 Å². The van der Waals surface area contributed by atoms with Crippen molar-refractivity contribution in [2.75, 3.05) is 11.5 Å². The van der Waals surface area contributed by atoms with E-state index in [0.29, 0.717) is 11.3 Å². The second-order valence-corrected chi connectivity index (χ2v) is 4.15. The van der Waals surface area contributed by atoms with Crippen LogP contribution in [0.5, 0.6) is 0 Å². The van der Waals surface area contributed by atoms with Crippen molar-refractivity contribution in [2.45, 2.75) is 0 Å². The highest BCUT2D eigenvalue weighted by molar-refractivity contribution is 9.10. The van der Waals surface area contributed by atoms with Crippen LogP contribution < -0.4 is 16.4 Å². The fourth-order valence-corrected chi connectivity index (χ4v) is 1.72. The highest BCUT2D eigenvalue weighted by Crippen LogP contribution is 2.30. The van der Waals surface area contributed by atoms with Gasteiger partial charge in [0.2, 0.25) is 16.8 Å². The predicted molar refractivity (Wildman–Crippen MR) is 68.7 cm³/mol. The summed E-state index contributed by atoms with van der Waals surface area (Å²) in [6.45, 7) is 0. The fourth-order valence-electron chi connectivity index (χ4n) is 1.36. The highest BCUT2D eigenvalue weighted by Gasteiger charge is 2.13. The van der Waals surface area contributed by atoms with Gasteiger partial charge in [0.25, 0.3) is 0 Å². The van der Waals surface area contributed by atoms with Gasteiger partial charge in [0.1, 0.15) is 5.53 Å². The lowest BCUT2D eigenvalue weighted by Crippen LogP contribution is -2.04. The minimum atomic E-state index is 0.0197. The Morgan fingerprint density at radius 3 is 2.44 bits per heavy atom. The van der Waals surface area contributed by atoms with Gasteiger partial charge in [0.05, 0.1) is 5.56 Å². The van der Waals surface area contributed by atoms with Gasteiger partial charge >= 0.3 is 0 Å². The number of nitrogens with zero attached hydrogens (tertiary/aromatic N) is 5. The molecule has 90 valence electrons. The Morgan fingerprint density at radius 2 is 1.83 bits per heavy atom. The van der Waals surface area contributed by atoms with Crippen LogP contribution in [0, 0.1) is 5.53 Å². The van der Waals surface area contributed by atoms with E-state index in [9.17, 15) is 0 Å². The Bertz CT molecular complexity index is 629. The Morgan fingerprint density at radius 1 is 1.17 bits per heavy atom. The third-order valence-corrected chi connectivity index (χ3v) is 2.52. The number of hydrogen-bond acceptors (Lipinski definition) is 7. The second-order valence-electron chi connectivity index (χ2n) is 3.24. The molecule has 1 heterocycles. The van der Waals surface area contributed by atoms with E-state index in [2.05, 4.69) is 40.9 Å². The van der Waals surface area contributed by atoms with Crippen LogP contribution in [0.15, 0.2) is 27.8 Å². The summed E-state index contributed by atoms with van der Waals surface area (Å²) in [5.41, 5.74) is 18.8. The number of benzene rings is 1. The predicted octanol–water partition coefficient (Wildman–Crippen LogP) is 1.65. The van der Waals surface area contributed by atoms with Crippen molar-refractivity contribution in [2.24, 2.45) is 5.11 Å². The molecule has 8 nitrogen and oxygen atoms in total. The molecule has 0 radical (unpaired) electrons. The summed E-state index contributed by atoms with van der Waals surface area (Å²) in [7, 11) is 0. The van der Waals surface area contributed by atoms with Gasteiger partial charge in [0, 0.05) is 4.47 Å². The number of nitrogens with one attached hydrogen (secondary N) is 1. The molecule has 0 spiro atoms. The van der Waals surface area contributed by atoms with Crippen LogP contribution in [-0.2, 0) is 0 Å². The van der Waals surface area contributed by atoms with Gasteiger partial charge in [-0.15, -0.1) is 0 Å². The third kappa shape index (κ3) is 2.47. The standard InChI is InChI=1S/C9H8BrN8/c10-4-1-2-6(17-18-13)5(3-4)7-14-8(11)16-9(12)15-7/h1-3,13H,(H4,11,12,14,15,16)/q+1. The Kier molecular flexibility index (Phi) is 3.26. The van der Waals surface area contributed by atoms with E-state index in [-0.39, 0.29) is 17.7 Å². The molecule has 0 aliphatic heterocycles. The van der Waals surface area contributed by atoms with Crippen LogP contribution in [0.2, 0.25) is 0 Å². The van der Waals surface area contributed by atoms with E-state index in [1.165, 1.54) is 0 Å². The maximum atomic E-state index is 6.78. The molecule has 1 aromatic heterocycles. The lowest BCUT2D eigenvalue weighted by Gasteiger charge is -2.03. The van der Waals surface area contributed by atoms with Gasteiger partial charge < -0.3 is 11.5 Å². The summed E-state index contributed by atoms with van der Waals surface area (Å²) in [5, 5.41) is 3.67. The van der Waals surface area contributed by atoms with E-state index in [1.807, 2.05) is 0 Å². The molecule has 0 saturated heterocycles. The van der Waals surface area contributed by atoms with E-state index >= 15 is 0 Å². The topological polar surface area (TPSA) is 141 Å². The van der Waals surface area contributed by atoms with E-state index in [0.717, 1.165) is 4.47 Å². The molecule has 0 atom stereocenters. The smallest absolute Gasteiger partial charge is 0.225 e. The third-order valence-electron chi connectivity index (χ3n) is 2.03. The fraction of sp³-hybridized carbons (Fsp3) is 0. The molecule has 0 saturated carbocycles. The number of nitrogens with two attached hydrogens (primary N) is 2. The SMILES string of the molecule is N=[N+]=Nc1ccc(Br)cc1-c1nc(N)nc(N)n1. The van der Waals surface area contributed by atoms with Crippen molar-refractivity contribution in [3.8, 4) is 11.4 Å². The monoisotopic (exact) mass is 307 g/mol. The molecule has 2 aromatic rings. The summed E-state index contributed by atoms with van der Waals surface area (Å²) < 4.78 is 0.805. The van der Waals surface area contributed by atoms with Crippen molar-refractivity contribution in [3.63, 3.8) is 0 Å². The Labute approximate surface area is 110 Å². The largest absolute Gasteiger partial charge is 0.368 e. The lowest BCUT2D eigenvalue weighted by molar-refractivity contribution is 0.989. The normalized spacial score (nSPS) is 9.83. The first-order chi connectivity index (χ1) is 8.60. The molecule has 0 unspecified atom stereocenters. The molecule has 2 rings (SSSR count). The average molecular weight is 308 g/mol. The first-order valence-electron chi connectivity index (χ1n) is 4.74. The van der Waals surface area contributed by atoms with Gasteiger partial charge in [-0.2, -0.15) is 15.0 Å². The molecule has 5 N–H and O–H groups in total. The molecule has 0 fully saturated rings. The number of nitrogen functional groups attached to an aromatic ring is 2.